The van der Waals surface area contributed by atoms with Crippen LogP contribution in [0.4, 0.5) is 0 Å². The first-order valence-electron chi connectivity index (χ1n) is 10.9. The summed E-state index contributed by atoms with van der Waals surface area (Å²) in [5, 5.41) is 5.38. The Morgan fingerprint density at radius 1 is 1.00 bits per heavy atom. The van der Waals surface area contributed by atoms with Gasteiger partial charge in [0.1, 0.15) is 0 Å². The smallest absolute Gasteiger partial charge is 0.254 e. The number of carbonyl (C=O) groups is 2. The normalized spacial score (nSPS) is 20.6. The van der Waals surface area contributed by atoms with Gasteiger partial charge >= 0.3 is 0 Å². The zero-order valence-electron chi connectivity index (χ0n) is 17.4. The van der Waals surface area contributed by atoms with Crippen molar-refractivity contribution in [1.29, 1.82) is 0 Å². The lowest BCUT2D eigenvalue weighted by Gasteiger charge is -2.36. The van der Waals surface area contributed by atoms with Gasteiger partial charge in [0.25, 0.3) is 5.91 Å². The summed E-state index contributed by atoms with van der Waals surface area (Å²) in [7, 11) is 1.89. The highest BCUT2D eigenvalue weighted by molar-refractivity contribution is 6.06. The Morgan fingerprint density at radius 3 is 2.31 bits per heavy atom. The first-order valence-corrected chi connectivity index (χ1v) is 10.9. The highest BCUT2D eigenvalue weighted by atomic mass is 16.2. The zero-order chi connectivity index (χ0) is 20.1. The molecule has 1 aliphatic heterocycles. The molecule has 1 saturated heterocycles. The molecule has 0 bridgehead atoms. The molecule has 154 valence electrons. The van der Waals surface area contributed by atoms with Crippen molar-refractivity contribution in [3.8, 4) is 0 Å². The summed E-state index contributed by atoms with van der Waals surface area (Å²) in [4.78, 5) is 34.8. The third-order valence-corrected chi connectivity index (χ3v) is 6.80. The van der Waals surface area contributed by atoms with Crippen molar-refractivity contribution in [3.63, 3.8) is 0 Å². The molecule has 0 aromatic carbocycles. The predicted octanol–water partition coefficient (Wildman–Crippen LogP) is 2.63. The van der Waals surface area contributed by atoms with Crippen molar-refractivity contribution in [1.82, 2.24) is 24.6 Å². The average Bonchev–Trinajstić information content (AvgIpc) is 3.37. The number of rotatable bonds is 3. The lowest BCUT2D eigenvalue weighted by molar-refractivity contribution is -0.136. The second-order valence-electron chi connectivity index (χ2n) is 8.88. The van der Waals surface area contributed by atoms with Crippen molar-refractivity contribution in [2.75, 3.05) is 26.2 Å². The minimum Gasteiger partial charge on any atom is -0.339 e. The van der Waals surface area contributed by atoms with Crippen molar-refractivity contribution >= 4 is 22.8 Å². The molecule has 5 rings (SSSR count). The van der Waals surface area contributed by atoms with Gasteiger partial charge in [-0.25, -0.2) is 4.98 Å². The lowest BCUT2D eigenvalue weighted by Crippen LogP contribution is -2.51. The van der Waals surface area contributed by atoms with E-state index in [1.54, 1.807) is 4.68 Å². The Bertz CT molecular complexity index is 963. The predicted molar refractivity (Wildman–Crippen MR) is 110 cm³/mol. The van der Waals surface area contributed by atoms with Crippen LogP contribution < -0.4 is 0 Å². The van der Waals surface area contributed by atoms with Crippen LogP contribution in [0.15, 0.2) is 6.07 Å². The molecule has 7 nitrogen and oxygen atoms in total. The second-order valence-corrected chi connectivity index (χ2v) is 8.88. The fraction of sp³-hybridized carbons (Fsp3) is 0.636. The zero-order valence-corrected chi connectivity index (χ0v) is 17.4. The number of aryl methyl sites for hydroxylation is 2. The number of pyridine rings is 1. The molecule has 2 amide bonds. The molecule has 0 N–H and O–H groups in total. The second kappa shape index (κ2) is 7.11. The maximum atomic E-state index is 13.5. The number of fused-ring (bicyclic) bond motifs is 1. The first kappa shape index (κ1) is 18.6. The van der Waals surface area contributed by atoms with Gasteiger partial charge in [-0.05, 0) is 38.7 Å². The molecular weight excluding hydrogens is 366 g/mol. The Balaban J connectivity index is 1.37. The molecule has 0 spiro atoms. The molecule has 0 atom stereocenters. The van der Waals surface area contributed by atoms with Crippen LogP contribution >= 0.6 is 0 Å². The number of piperazine rings is 1. The molecule has 29 heavy (non-hydrogen) atoms. The number of hydrogen-bond acceptors (Lipinski definition) is 4. The number of aromatic nitrogens is 3. The van der Waals surface area contributed by atoms with Crippen LogP contribution in [0.2, 0.25) is 0 Å². The summed E-state index contributed by atoms with van der Waals surface area (Å²) in [5.74, 6) is 1.02. The molecule has 2 saturated carbocycles. The number of amides is 2. The van der Waals surface area contributed by atoms with E-state index in [9.17, 15) is 9.59 Å². The Morgan fingerprint density at radius 2 is 1.66 bits per heavy atom. The molecule has 2 aromatic heterocycles. The minimum absolute atomic E-state index is 0.0448. The van der Waals surface area contributed by atoms with E-state index in [1.165, 1.54) is 12.8 Å². The van der Waals surface area contributed by atoms with Gasteiger partial charge in [-0.1, -0.05) is 12.8 Å². The molecule has 3 aliphatic rings. The Kier molecular flexibility index (Phi) is 4.56. The van der Waals surface area contributed by atoms with E-state index in [4.69, 9.17) is 4.98 Å². The van der Waals surface area contributed by atoms with E-state index in [0.717, 1.165) is 53.7 Å². The van der Waals surface area contributed by atoms with E-state index in [-0.39, 0.29) is 11.8 Å². The van der Waals surface area contributed by atoms with Crippen molar-refractivity contribution in [2.24, 2.45) is 13.0 Å². The van der Waals surface area contributed by atoms with E-state index >= 15 is 0 Å². The molecule has 7 heteroatoms. The van der Waals surface area contributed by atoms with Crippen molar-refractivity contribution < 1.29 is 9.59 Å². The van der Waals surface area contributed by atoms with E-state index in [1.807, 2.05) is 29.8 Å². The summed E-state index contributed by atoms with van der Waals surface area (Å²) in [6.45, 7) is 4.40. The van der Waals surface area contributed by atoms with E-state index in [0.29, 0.717) is 38.0 Å². The molecule has 2 aromatic rings. The third kappa shape index (κ3) is 3.30. The molecule has 0 radical (unpaired) electrons. The van der Waals surface area contributed by atoms with Gasteiger partial charge in [0.2, 0.25) is 5.91 Å². The quantitative estimate of drug-likeness (QED) is 0.801. The van der Waals surface area contributed by atoms with Crippen LogP contribution in [0.25, 0.3) is 11.0 Å². The maximum Gasteiger partial charge on any atom is 0.254 e. The minimum atomic E-state index is 0.0448. The number of hydrogen-bond donors (Lipinski definition) is 0. The summed E-state index contributed by atoms with van der Waals surface area (Å²) in [5.41, 5.74) is 3.37. The van der Waals surface area contributed by atoms with Gasteiger partial charge in [-0.3, -0.25) is 14.3 Å². The topological polar surface area (TPSA) is 71.3 Å². The van der Waals surface area contributed by atoms with Crippen LogP contribution in [0.5, 0.6) is 0 Å². The molecule has 3 heterocycles. The fourth-order valence-electron chi connectivity index (χ4n) is 4.95. The molecule has 3 fully saturated rings. The highest BCUT2D eigenvalue weighted by Crippen LogP contribution is 2.40. The van der Waals surface area contributed by atoms with Gasteiger partial charge in [-0.15, -0.1) is 0 Å². The fourth-order valence-corrected chi connectivity index (χ4v) is 4.95. The number of nitrogens with zero attached hydrogens (tertiary/aromatic N) is 5. The van der Waals surface area contributed by atoms with Crippen molar-refractivity contribution in [2.45, 2.75) is 51.4 Å². The average molecular weight is 396 g/mol. The SMILES string of the molecule is Cc1nn(C)c2nc(C3CC3)cc(C(=O)N3CCN(C(=O)C4CCCC4)CC3)c12. The Labute approximate surface area is 171 Å². The summed E-state index contributed by atoms with van der Waals surface area (Å²) >= 11 is 0. The van der Waals surface area contributed by atoms with Gasteiger partial charge in [0, 0.05) is 50.8 Å². The van der Waals surface area contributed by atoms with Crippen molar-refractivity contribution in [3.05, 3.63) is 23.0 Å². The monoisotopic (exact) mass is 395 g/mol. The van der Waals surface area contributed by atoms with Crippen LogP contribution in [0.1, 0.15) is 66.2 Å². The molecule has 2 aliphatic carbocycles. The Hall–Kier alpha value is -2.44. The summed E-state index contributed by atoms with van der Waals surface area (Å²) in [6.07, 6.45) is 6.67. The van der Waals surface area contributed by atoms with Crippen LogP contribution in [0.3, 0.4) is 0 Å². The number of carbonyl (C=O) groups excluding carboxylic acids is 2. The lowest BCUT2D eigenvalue weighted by atomic mass is 10.0. The van der Waals surface area contributed by atoms with E-state index in [2.05, 4.69) is 5.10 Å². The summed E-state index contributed by atoms with van der Waals surface area (Å²) < 4.78 is 1.78. The highest BCUT2D eigenvalue weighted by Gasteiger charge is 2.33. The van der Waals surface area contributed by atoms with Crippen LogP contribution in [-0.2, 0) is 11.8 Å². The summed E-state index contributed by atoms with van der Waals surface area (Å²) in [6, 6.07) is 1.99. The standard InChI is InChI=1S/C22H29N5O2/c1-14-19-17(13-18(15-7-8-15)23-20(19)25(2)24-14)22(29)27-11-9-26(10-12-27)21(28)16-5-3-4-6-16/h13,15-16H,3-12H2,1-2H3. The van der Waals surface area contributed by atoms with Crippen LogP contribution in [0, 0.1) is 12.8 Å². The third-order valence-electron chi connectivity index (χ3n) is 6.80. The van der Waals surface area contributed by atoms with Gasteiger partial charge in [0.05, 0.1) is 16.6 Å². The van der Waals surface area contributed by atoms with E-state index < -0.39 is 0 Å². The largest absolute Gasteiger partial charge is 0.339 e. The van der Waals surface area contributed by atoms with Gasteiger partial charge in [0.15, 0.2) is 5.65 Å². The first-order chi connectivity index (χ1) is 14.0. The van der Waals surface area contributed by atoms with Crippen LogP contribution in [-0.4, -0.2) is 62.6 Å². The molecule has 0 unspecified atom stereocenters. The van der Waals surface area contributed by atoms with Gasteiger partial charge < -0.3 is 9.80 Å². The van der Waals surface area contributed by atoms with Gasteiger partial charge in [-0.2, -0.15) is 5.10 Å². The maximum absolute atomic E-state index is 13.5. The molecular formula is C22H29N5O2.